The Balaban J connectivity index is 0.00000533. The van der Waals surface area contributed by atoms with Crippen molar-refractivity contribution in [1.82, 2.24) is 24.7 Å². The molecule has 0 aliphatic rings. The predicted octanol–water partition coefficient (Wildman–Crippen LogP) is 2.80. The van der Waals surface area contributed by atoms with Crippen LogP contribution in [0.1, 0.15) is 72.2 Å². The van der Waals surface area contributed by atoms with Crippen molar-refractivity contribution >= 4 is 29.7 Å². The van der Waals surface area contributed by atoms with E-state index in [9.17, 15) is 14.7 Å². The van der Waals surface area contributed by atoms with Crippen LogP contribution >= 0.6 is 12.4 Å². The van der Waals surface area contributed by atoms with Gasteiger partial charge in [-0.05, 0) is 50.8 Å². The lowest BCUT2D eigenvalue weighted by Crippen LogP contribution is -2.30. The molecule has 12 heteroatoms. The van der Waals surface area contributed by atoms with Crippen LogP contribution in [0.15, 0.2) is 17.1 Å². The maximum Gasteiger partial charge on any atom is 0.272 e. The number of hydrogen-bond donors (Lipinski definition) is 2. The molecule has 11 nitrogen and oxygen atoms in total. The summed E-state index contributed by atoms with van der Waals surface area (Å²) in [5.74, 6) is 0.414. The zero-order valence-corrected chi connectivity index (χ0v) is 24.7. The lowest BCUT2D eigenvalue weighted by Gasteiger charge is -2.25. The minimum Gasteiger partial charge on any atom is -0.493 e. The van der Waals surface area contributed by atoms with Crippen LogP contribution in [0, 0.1) is 13.8 Å². The molecule has 2 aromatic heterocycles. The summed E-state index contributed by atoms with van der Waals surface area (Å²) >= 11 is 0. The van der Waals surface area contributed by atoms with Crippen molar-refractivity contribution in [3.63, 3.8) is 0 Å². The van der Waals surface area contributed by atoms with Crippen molar-refractivity contribution in [3.8, 4) is 11.5 Å². The Labute approximate surface area is 234 Å². The third-order valence-corrected chi connectivity index (χ3v) is 6.17. The molecule has 39 heavy (non-hydrogen) atoms. The monoisotopic (exact) mass is 562 g/mol. The number of aromatic nitrogens is 4. The van der Waals surface area contributed by atoms with E-state index in [2.05, 4.69) is 20.5 Å². The predicted molar refractivity (Wildman–Crippen MR) is 150 cm³/mol. The maximum absolute atomic E-state index is 13.6. The van der Waals surface area contributed by atoms with Crippen molar-refractivity contribution in [2.45, 2.75) is 60.4 Å². The van der Waals surface area contributed by atoms with Crippen LogP contribution in [0.25, 0.3) is 5.65 Å². The number of carbonyl (C=O) groups is 2. The van der Waals surface area contributed by atoms with Crippen molar-refractivity contribution in [2.24, 2.45) is 4.99 Å². The minimum absolute atomic E-state index is 0. The average molecular weight is 563 g/mol. The van der Waals surface area contributed by atoms with Gasteiger partial charge in [0.15, 0.2) is 28.6 Å². The molecule has 0 spiro atoms. The van der Waals surface area contributed by atoms with Gasteiger partial charge in [0.25, 0.3) is 5.91 Å². The lowest BCUT2D eigenvalue weighted by molar-refractivity contribution is 0.0944. The Kier molecular flexibility index (Phi) is 10.7. The second kappa shape index (κ2) is 13.1. The molecule has 0 aliphatic heterocycles. The van der Waals surface area contributed by atoms with E-state index in [0.29, 0.717) is 47.0 Å². The van der Waals surface area contributed by atoms with Gasteiger partial charge < -0.3 is 19.9 Å². The van der Waals surface area contributed by atoms with Crippen LogP contribution in [-0.4, -0.2) is 69.6 Å². The highest BCUT2D eigenvalue weighted by Gasteiger charge is 2.26. The maximum atomic E-state index is 13.6. The molecule has 0 radical (unpaired) electrons. The van der Waals surface area contributed by atoms with Gasteiger partial charge in [0, 0.05) is 29.8 Å². The fourth-order valence-electron chi connectivity index (χ4n) is 4.13. The van der Waals surface area contributed by atoms with Crippen molar-refractivity contribution in [2.75, 3.05) is 33.4 Å². The molecule has 214 valence electrons. The highest BCUT2D eigenvalue weighted by Crippen LogP contribution is 2.40. The highest BCUT2D eigenvalue weighted by atomic mass is 35.5. The molecule has 0 fully saturated rings. The number of ketones is 1. The van der Waals surface area contributed by atoms with Gasteiger partial charge in [-0.3, -0.25) is 9.59 Å². The van der Waals surface area contributed by atoms with Gasteiger partial charge in [0.2, 0.25) is 5.62 Å². The molecule has 0 aliphatic carbocycles. The summed E-state index contributed by atoms with van der Waals surface area (Å²) in [7, 11) is 1.55. The SMILES string of the molecule is CC/N=c1\n(CC(=O)c2cc(OCCO)c(OC)c(C(C)(C)C)c2)nc2c(C)c(C)c(C(=O)NCC)nn12.Cl. The average Bonchev–Trinajstić information content (AvgIpc) is 3.20. The van der Waals surface area contributed by atoms with Gasteiger partial charge in [0.1, 0.15) is 13.2 Å². The summed E-state index contributed by atoms with van der Waals surface area (Å²) in [6, 6.07) is 3.43. The molecule has 0 unspecified atom stereocenters. The summed E-state index contributed by atoms with van der Waals surface area (Å²) in [5.41, 5.74) is 3.54. The molecule has 1 aromatic carbocycles. The molecule has 0 saturated carbocycles. The number of carbonyl (C=O) groups excluding carboxylic acids is 2. The molecule has 0 atom stereocenters. The summed E-state index contributed by atoms with van der Waals surface area (Å²) in [6.45, 7) is 14.2. The molecule has 0 bridgehead atoms. The molecule has 2 N–H and O–H groups in total. The number of rotatable bonds is 10. The van der Waals surface area contributed by atoms with E-state index in [0.717, 1.165) is 11.1 Å². The first-order chi connectivity index (χ1) is 18.0. The molecule has 1 amide bonds. The number of amides is 1. The first-order valence-corrected chi connectivity index (χ1v) is 12.7. The molecular formula is C27H39ClN6O5. The van der Waals surface area contributed by atoms with Gasteiger partial charge in [-0.15, -0.1) is 17.5 Å². The van der Waals surface area contributed by atoms with Crippen LogP contribution in [0.4, 0.5) is 0 Å². The number of aryl methyl sites for hydroxylation is 1. The number of Topliss-reactive ketones (excluding diaryl/α,β-unsaturated/α-hetero) is 1. The smallest absolute Gasteiger partial charge is 0.272 e. The summed E-state index contributed by atoms with van der Waals surface area (Å²) in [6.07, 6.45) is 0. The van der Waals surface area contributed by atoms with Crippen molar-refractivity contribution < 1.29 is 24.2 Å². The van der Waals surface area contributed by atoms with E-state index >= 15 is 0 Å². The van der Waals surface area contributed by atoms with Crippen molar-refractivity contribution in [1.29, 1.82) is 0 Å². The van der Waals surface area contributed by atoms with Crippen LogP contribution < -0.4 is 20.4 Å². The number of nitrogens with one attached hydrogen (secondary N) is 1. The molecule has 0 saturated heterocycles. The largest absolute Gasteiger partial charge is 0.493 e. The molecule has 2 heterocycles. The van der Waals surface area contributed by atoms with Crippen LogP contribution in [0.2, 0.25) is 0 Å². The zero-order chi connectivity index (χ0) is 28.2. The van der Waals surface area contributed by atoms with Gasteiger partial charge in [-0.2, -0.15) is 9.61 Å². The van der Waals surface area contributed by atoms with E-state index < -0.39 is 0 Å². The van der Waals surface area contributed by atoms with Crippen LogP contribution in [0.5, 0.6) is 11.5 Å². The summed E-state index contributed by atoms with van der Waals surface area (Å²) in [4.78, 5) is 30.8. The number of nitrogens with zero attached hydrogens (tertiary/aromatic N) is 5. The standard InChI is InChI=1S/C27H38N6O5.ClH/c1-9-28-25(36)22-16(3)17(4)24-31-32(26(29-10-2)33(24)30-22)15-20(35)18-13-19(27(5,6)7)23(37-8)21(14-18)38-12-11-34;/h13-14,34H,9-12,15H2,1-8H3,(H,28,36);1H/b29-26+;. The number of benzene rings is 1. The fourth-order valence-corrected chi connectivity index (χ4v) is 4.13. The van der Waals surface area contributed by atoms with Crippen LogP contribution in [-0.2, 0) is 12.0 Å². The Morgan fingerprint density at radius 3 is 2.38 bits per heavy atom. The van der Waals surface area contributed by atoms with Gasteiger partial charge in [0.05, 0.1) is 13.7 Å². The lowest BCUT2D eigenvalue weighted by atomic mass is 9.84. The first-order valence-electron chi connectivity index (χ1n) is 12.7. The van der Waals surface area contributed by atoms with E-state index in [1.807, 2.05) is 48.5 Å². The second-order valence-electron chi connectivity index (χ2n) is 9.93. The van der Waals surface area contributed by atoms with E-state index in [1.165, 1.54) is 9.20 Å². The Bertz CT molecular complexity index is 1420. The minimum atomic E-state index is -0.341. The molecule has 3 rings (SSSR count). The first kappa shape index (κ1) is 31.8. The summed E-state index contributed by atoms with van der Waals surface area (Å²) < 4.78 is 14.4. The number of aliphatic hydroxyl groups excluding tert-OH is 1. The number of halogens is 1. The number of fused-ring (bicyclic) bond motifs is 1. The molecular weight excluding hydrogens is 524 g/mol. The number of aliphatic hydroxyl groups is 1. The van der Waals surface area contributed by atoms with Gasteiger partial charge in [-0.1, -0.05) is 20.8 Å². The Morgan fingerprint density at radius 2 is 1.82 bits per heavy atom. The molecule has 3 aromatic rings. The van der Waals surface area contributed by atoms with Crippen LogP contribution in [0.3, 0.4) is 0 Å². The zero-order valence-electron chi connectivity index (χ0n) is 23.9. The van der Waals surface area contributed by atoms with Crippen molar-refractivity contribution in [3.05, 3.63) is 45.7 Å². The third kappa shape index (κ3) is 6.59. The van der Waals surface area contributed by atoms with E-state index in [4.69, 9.17) is 9.47 Å². The topological polar surface area (TPSA) is 132 Å². The number of ether oxygens (including phenoxy) is 2. The second-order valence-corrected chi connectivity index (χ2v) is 9.93. The Hall–Kier alpha value is -3.44. The quantitative estimate of drug-likeness (QED) is 0.363. The normalized spacial score (nSPS) is 11.9. The third-order valence-electron chi connectivity index (χ3n) is 6.17. The summed E-state index contributed by atoms with van der Waals surface area (Å²) in [5, 5.41) is 21.3. The number of hydrogen-bond acceptors (Lipinski definition) is 8. The van der Waals surface area contributed by atoms with E-state index in [-0.39, 0.29) is 55.0 Å². The Morgan fingerprint density at radius 1 is 1.13 bits per heavy atom. The highest BCUT2D eigenvalue weighted by molar-refractivity contribution is 5.97. The fraction of sp³-hybridized carbons (Fsp3) is 0.519. The van der Waals surface area contributed by atoms with Gasteiger partial charge in [-0.25, -0.2) is 9.67 Å². The van der Waals surface area contributed by atoms with E-state index in [1.54, 1.807) is 19.2 Å². The van der Waals surface area contributed by atoms with Gasteiger partial charge >= 0.3 is 0 Å². The number of methoxy groups -OCH3 is 1.